The second-order valence-corrected chi connectivity index (χ2v) is 5.19. The van der Waals surface area contributed by atoms with E-state index in [0.717, 1.165) is 16.8 Å². The van der Waals surface area contributed by atoms with Gasteiger partial charge in [-0.1, -0.05) is 53.6 Å². The zero-order chi connectivity index (χ0) is 15.2. The predicted octanol–water partition coefficient (Wildman–Crippen LogP) is 1.70. The maximum atomic E-state index is 11.6. The van der Waals surface area contributed by atoms with Crippen LogP contribution < -0.4 is 4.90 Å². The summed E-state index contributed by atoms with van der Waals surface area (Å²) in [4.78, 5) is 1.81. The van der Waals surface area contributed by atoms with Gasteiger partial charge in [-0.2, -0.15) is 4.68 Å². The van der Waals surface area contributed by atoms with Crippen LogP contribution in [-0.2, 0) is 5.72 Å². The lowest BCUT2D eigenvalue weighted by molar-refractivity contribution is 0.0712. The number of para-hydroxylation sites is 1. The Labute approximate surface area is 127 Å². The maximum Gasteiger partial charge on any atom is 0.253 e. The van der Waals surface area contributed by atoms with Crippen LogP contribution in [-0.4, -0.2) is 31.9 Å². The van der Waals surface area contributed by atoms with Crippen LogP contribution in [0.25, 0.3) is 5.69 Å². The molecule has 1 aliphatic rings. The van der Waals surface area contributed by atoms with Crippen molar-refractivity contribution in [3.8, 4) is 5.69 Å². The lowest BCUT2D eigenvalue weighted by atomic mass is 9.90. The Hall–Kier alpha value is -2.73. The highest BCUT2D eigenvalue weighted by molar-refractivity contribution is 5.60. The molecule has 0 aliphatic carbocycles. The molecule has 0 amide bonds. The van der Waals surface area contributed by atoms with Crippen molar-refractivity contribution >= 4 is 5.95 Å². The number of rotatable bonds is 2. The minimum Gasteiger partial charge on any atom is -0.363 e. The van der Waals surface area contributed by atoms with E-state index in [1.807, 2.05) is 66.4 Å². The first-order valence-corrected chi connectivity index (χ1v) is 7.20. The fourth-order valence-electron chi connectivity index (χ4n) is 3.10. The van der Waals surface area contributed by atoms with Crippen LogP contribution in [0, 0.1) is 0 Å². The Morgan fingerprint density at radius 2 is 1.77 bits per heavy atom. The largest absolute Gasteiger partial charge is 0.363 e. The molecule has 1 unspecified atom stereocenters. The van der Waals surface area contributed by atoms with Gasteiger partial charge in [0.25, 0.3) is 5.95 Å². The van der Waals surface area contributed by atoms with Crippen molar-refractivity contribution in [1.82, 2.24) is 20.2 Å². The van der Waals surface area contributed by atoms with Gasteiger partial charge in [-0.15, -0.1) is 0 Å². The normalized spacial score (nSPS) is 19.6. The average molecular weight is 293 g/mol. The molecule has 1 atom stereocenters. The van der Waals surface area contributed by atoms with Crippen molar-refractivity contribution in [1.29, 1.82) is 0 Å². The van der Waals surface area contributed by atoms with E-state index < -0.39 is 5.72 Å². The van der Waals surface area contributed by atoms with Gasteiger partial charge in [-0.25, -0.2) is 0 Å². The van der Waals surface area contributed by atoms with Crippen LogP contribution in [0.5, 0.6) is 0 Å². The SMILES string of the molecule is CCN1c2nnnn2-c2ccccc2C1(O)c1ccccc1. The molecule has 0 spiro atoms. The first-order chi connectivity index (χ1) is 10.8. The lowest BCUT2D eigenvalue weighted by Crippen LogP contribution is -2.51. The van der Waals surface area contributed by atoms with E-state index >= 15 is 0 Å². The minimum absolute atomic E-state index is 0.535. The van der Waals surface area contributed by atoms with Crippen LogP contribution in [0.1, 0.15) is 18.1 Å². The van der Waals surface area contributed by atoms with Crippen LogP contribution in [0.2, 0.25) is 0 Å². The van der Waals surface area contributed by atoms with Crippen molar-refractivity contribution in [2.75, 3.05) is 11.4 Å². The first-order valence-electron chi connectivity index (χ1n) is 7.20. The summed E-state index contributed by atoms with van der Waals surface area (Å²) in [5.41, 5.74) is 1.05. The molecule has 110 valence electrons. The van der Waals surface area contributed by atoms with E-state index in [9.17, 15) is 5.11 Å². The molecule has 4 rings (SSSR count). The molecule has 0 saturated carbocycles. The second-order valence-electron chi connectivity index (χ2n) is 5.19. The highest BCUT2D eigenvalue weighted by Crippen LogP contribution is 2.42. The number of aliphatic hydroxyl groups is 1. The van der Waals surface area contributed by atoms with Crippen LogP contribution in [0.15, 0.2) is 54.6 Å². The van der Waals surface area contributed by atoms with Gasteiger partial charge in [0.15, 0.2) is 5.72 Å². The van der Waals surface area contributed by atoms with Crippen molar-refractivity contribution in [3.05, 3.63) is 65.7 Å². The van der Waals surface area contributed by atoms with Crippen LogP contribution in [0.4, 0.5) is 5.95 Å². The Kier molecular flexibility index (Phi) is 2.74. The minimum atomic E-state index is -1.29. The molecule has 2 heterocycles. The number of hydrogen-bond donors (Lipinski definition) is 1. The third kappa shape index (κ3) is 1.55. The Morgan fingerprint density at radius 1 is 1.05 bits per heavy atom. The number of fused-ring (bicyclic) bond motifs is 3. The summed E-state index contributed by atoms with van der Waals surface area (Å²) < 4.78 is 1.66. The van der Waals surface area contributed by atoms with Gasteiger partial charge in [-0.05, 0) is 23.4 Å². The van der Waals surface area contributed by atoms with Crippen molar-refractivity contribution in [3.63, 3.8) is 0 Å². The van der Waals surface area contributed by atoms with E-state index in [1.54, 1.807) is 4.68 Å². The molecule has 3 aromatic rings. The van der Waals surface area contributed by atoms with Crippen LogP contribution in [0.3, 0.4) is 0 Å². The quantitative estimate of drug-likeness (QED) is 0.779. The summed E-state index contributed by atoms with van der Waals surface area (Å²) in [6.45, 7) is 2.54. The summed E-state index contributed by atoms with van der Waals surface area (Å²) in [6.07, 6.45) is 0. The fourth-order valence-corrected chi connectivity index (χ4v) is 3.10. The summed E-state index contributed by atoms with van der Waals surface area (Å²) in [7, 11) is 0. The number of nitrogens with zero attached hydrogens (tertiary/aromatic N) is 5. The van der Waals surface area contributed by atoms with E-state index in [2.05, 4.69) is 15.5 Å². The first kappa shape index (κ1) is 13.0. The molecule has 22 heavy (non-hydrogen) atoms. The molecular formula is C16H15N5O. The molecule has 0 saturated heterocycles. The Morgan fingerprint density at radius 3 is 2.55 bits per heavy atom. The number of aromatic nitrogens is 4. The van der Waals surface area contributed by atoms with Crippen LogP contribution >= 0.6 is 0 Å². The van der Waals surface area contributed by atoms with Gasteiger partial charge in [-0.3, -0.25) is 0 Å². The van der Waals surface area contributed by atoms with Gasteiger partial charge >= 0.3 is 0 Å². The molecule has 0 bridgehead atoms. The van der Waals surface area contributed by atoms with E-state index in [4.69, 9.17) is 0 Å². The fraction of sp³-hybridized carbons (Fsp3) is 0.188. The predicted molar refractivity (Wildman–Crippen MR) is 81.6 cm³/mol. The molecule has 6 heteroatoms. The zero-order valence-electron chi connectivity index (χ0n) is 12.1. The third-order valence-corrected chi connectivity index (χ3v) is 4.09. The number of tetrazole rings is 1. The molecule has 1 N–H and O–H groups in total. The zero-order valence-corrected chi connectivity index (χ0v) is 12.1. The monoisotopic (exact) mass is 293 g/mol. The summed E-state index contributed by atoms with van der Waals surface area (Å²) in [5, 5.41) is 23.6. The van der Waals surface area contributed by atoms with Crippen molar-refractivity contribution < 1.29 is 5.11 Å². The molecule has 0 radical (unpaired) electrons. The highest BCUT2D eigenvalue weighted by atomic mass is 16.3. The summed E-state index contributed by atoms with van der Waals surface area (Å²) in [6, 6.07) is 17.3. The van der Waals surface area contributed by atoms with Gasteiger partial charge in [0.2, 0.25) is 0 Å². The highest BCUT2D eigenvalue weighted by Gasteiger charge is 2.45. The standard InChI is InChI=1S/C16H15N5O/c1-2-20-15-17-18-19-21(15)14-11-7-6-10-13(14)16(20,22)12-8-4-3-5-9-12/h3-11,22H,2H2,1H3. The number of benzene rings is 2. The van der Waals surface area contributed by atoms with Gasteiger partial charge in [0.05, 0.1) is 5.69 Å². The van der Waals surface area contributed by atoms with E-state index in [1.165, 1.54) is 0 Å². The van der Waals surface area contributed by atoms with Gasteiger partial charge < -0.3 is 10.0 Å². The second kappa shape index (κ2) is 4.64. The molecule has 1 aliphatic heterocycles. The topological polar surface area (TPSA) is 67.1 Å². The molecular weight excluding hydrogens is 278 g/mol. The average Bonchev–Trinajstić information content (AvgIpc) is 3.05. The molecule has 6 nitrogen and oxygen atoms in total. The van der Waals surface area contributed by atoms with E-state index in [0.29, 0.717) is 12.5 Å². The molecule has 0 fully saturated rings. The maximum absolute atomic E-state index is 11.6. The molecule has 2 aromatic carbocycles. The Balaban J connectivity index is 2.06. The number of hydrogen-bond acceptors (Lipinski definition) is 5. The summed E-state index contributed by atoms with van der Waals surface area (Å²) in [5.74, 6) is 0.535. The third-order valence-electron chi connectivity index (χ3n) is 4.09. The van der Waals surface area contributed by atoms with Crippen molar-refractivity contribution in [2.24, 2.45) is 0 Å². The smallest absolute Gasteiger partial charge is 0.253 e. The van der Waals surface area contributed by atoms with E-state index in [-0.39, 0.29) is 0 Å². The van der Waals surface area contributed by atoms with Gasteiger partial charge in [0, 0.05) is 17.7 Å². The van der Waals surface area contributed by atoms with Crippen molar-refractivity contribution in [2.45, 2.75) is 12.6 Å². The molecule has 1 aromatic heterocycles. The van der Waals surface area contributed by atoms with Gasteiger partial charge in [0.1, 0.15) is 0 Å². The Bertz CT molecular complexity index is 816. The number of anilines is 1. The summed E-state index contributed by atoms with van der Waals surface area (Å²) >= 11 is 0. The lowest BCUT2D eigenvalue weighted by Gasteiger charge is -2.43.